The highest BCUT2D eigenvalue weighted by Crippen LogP contribution is 2.09. The van der Waals surface area contributed by atoms with Gasteiger partial charge in [-0.25, -0.2) is 0 Å². The Kier molecular flexibility index (Phi) is 4.76. The number of amides is 1. The molecule has 1 amide bonds. The predicted molar refractivity (Wildman–Crippen MR) is 79.8 cm³/mol. The first-order valence-corrected chi connectivity index (χ1v) is 6.81. The van der Waals surface area contributed by atoms with E-state index >= 15 is 0 Å². The first-order chi connectivity index (χ1) is 9.69. The Balaban J connectivity index is 1.90. The van der Waals surface area contributed by atoms with Gasteiger partial charge >= 0.3 is 0 Å². The summed E-state index contributed by atoms with van der Waals surface area (Å²) in [6, 6.07) is 9.37. The Morgan fingerprint density at radius 3 is 2.70 bits per heavy atom. The van der Waals surface area contributed by atoms with E-state index < -0.39 is 0 Å². The highest BCUT2D eigenvalue weighted by atomic mass is 16.1. The maximum absolute atomic E-state index is 12.1. The molecule has 0 radical (unpaired) electrons. The molecule has 1 atom stereocenters. The molecule has 1 aromatic heterocycles. The van der Waals surface area contributed by atoms with Crippen LogP contribution in [0, 0.1) is 0 Å². The summed E-state index contributed by atoms with van der Waals surface area (Å²) in [5.74, 6) is -0.0623. The van der Waals surface area contributed by atoms with Crippen LogP contribution in [-0.2, 0) is 6.54 Å². The highest BCUT2D eigenvalue weighted by molar-refractivity contribution is 5.94. The highest BCUT2D eigenvalue weighted by Gasteiger charge is 2.10. The van der Waals surface area contributed by atoms with E-state index in [0.717, 1.165) is 12.2 Å². The van der Waals surface area contributed by atoms with Crippen molar-refractivity contribution in [3.8, 4) is 0 Å². The fourth-order valence-corrected chi connectivity index (χ4v) is 1.99. The predicted octanol–water partition coefficient (Wildman–Crippen LogP) is 2.13. The van der Waals surface area contributed by atoms with Crippen molar-refractivity contribution >= 4 is 11.6 Å². The van der Waals surface area contributed by atoms with Crippen molar-refractivity contribution in [3.05, 3.63) is 48.3 Å². The number of carbonyl (C=O) groups excluding carboxylic acids is 1. The Morgan fingerprint density at radius 2 is 2.10 bits per heavy atom. The molecule has 0 aliphatic rings. The first-order valence-electron chi connectivity index (χ1n) is 6.81. The second-order valence-electron chi connectivity index (χ2n) is 4.71. The SMILES string of the molecule is CCNc1ccc(C(=O)NC(C)Cn2cccn2)cc1. The van der Waals surface area contributed by atoms with Crippen LogP contribution in [0.1, 0.15) is 24.2 Å². The number of hydrogen-bond donors (Lipinski definition) is 2. The van der Waals surface area contributed by atoms with Crippen LogP contribution in [0.15, 0.2) is 42.7 Å². The molecule has 1 unspecified atom stereocenters. The molecule has 5 heteroatoms. The average molecular weight is 272 g/mol. The lowest BCUT2D eigenvalue weighted by molar-refractivity contribution is 0.0936. The van der Waals surface area contributed by atoms with Gasteiger partial charge in [-0.15, -0.1) is 0 Å². The summed E-state index contributed by atoms with van der Waals surface area (Å²) in [5.41, 5.74) is 1.69. The van der Waals surface area contributed by atoms with E-state index in [1.807, 2.05) is 50.4 Å². The molecule has 0 spiro atoms. The maximum Gasteiger partial charge on any atom is 0.251 e. The number of nitrogens with zero attached hydrogens (tertiary/aromatic N) is 2. The van der Waals surface area contributed by atoms with Gasteiger partial charge in [-0.3, -0.25) is 9.48 Å². The topological polar surface area (TPSA) is 59.0 Å². The van der Waals surface area contributed by atoms with Crippen molar-refractivity contribution in [2.45, 2.75) is 26.4 Å². The van der Waals surface area contributed by atoms with Crippen LogP contribution < -0.4 is 10.6 Å². The van der Waals surface area contributed by atoms with Gasteiger partial charge in [-0.05, 0) is 44.2 Å². The molecule has 20 heavy (non-hydrogen) atoms. The molecule has 1 aromatic carbocycles. The summed E-state index contributed by atoms with van der Waals surface area (Å²) in [6.45, 7) is 5.53. The minimum absolute atomic E-state index is 0.0239. The minimum Gasteiger partial charge on any atom is -0.385 e. The Bertz CT molecular complexity index is 534. The number of aromatic nitrogens is 2. The fraction of sp³-hybridized carbons (Fsp3) is 0.333. The lowest BCUT2D eigenvalue weighted by atomic mass is 10.2. The minimum atomic E-state index is -0.0623. The van der Waals surface area contributed by atoms with Crippen molar-refractivity contribution in [1.29, 1.82) is 0 Å². The number of hydrogen-bond acceptors (Lipinski definition) is 3. The van der Waals surface area contributed by atoms with Gasteiger partial charge in [-0.2, -0.15) is 5.10 Å². The third kappa shape index (κ3) is 3.85. The quantitative estimate of drug-likeness (QED) is 0.847. The molecular weight excluding hydrogens is 252 g/mol. The molecule has 0 aliphatic heterocycles. The summed E-state index contributed by atoms with van der Waals surface area (Å²) in [5, 5.41) is 10.3. The molecule has 106 valence electrons. The Labute approximate surface area is 119 Å². The Morgan fingerprint density at radius 1 is 1.35 bits per heavy atom. The zero-order valence-electron chi connectivity index (χ0n) is 11.8. The molecule has 2 rings (SSSR count). The van der Waals surface area contributed by atoms with E-state index in [0.29, 0.717) is 12.1 Å². The molecule has 1 heterocycles. The van der Waals surface area contributed by atoms with Crippen LogP contribution in [0.3, 0.4) is 0 Å². The summed E-state index contributed by atoms with van der Waals surface area (Å²) in [7, 11) is 0. The Hall–Kier alpha value is -2.30. The molecule has 2 aromatic rings. The van der Waals surface area contributed by atoms with Crippen LogP contribution in [0.5, 0.6) is 0 Å². The van der Waals surface area contributed by atoms with Crippen LogP contribution in [0.25, 0.3) is 0 Å². The van der Waals surface area contributed by atoms with Crippen molar-refractivity contribution in [2.24, 2.45) is 0 Å². The number of benzene rings is 1. The van der Waals surface area contributed by atoms with Gasteiger partial charge in [0.1, 0.15) is 0 Å². The normalized spacial score (nSPS) is 11.9. The monoisotopic (exact) mass is 272 g/mol. The number of anilines is 1. The van der Waals surface area contributed by atoms with Crippen molar-refractivity contribution in [3.63, 3.8) is 0 Å². The molecular formula is C15H20N4O. The number of rotatable bonds is 6. The second kappa shape index (κ2) is 6.75. The molecule has 5 nitrogen and oxygen atoms in total. The van der Waals surface area contributed by atoms with Gasteiger partial charge in [0.2, 0.25) is 0 Å². The fourth-order valence-electron chi connectivity index (χ4n) is 1.99. The van der Waals surface area contributed by atoms with E-state index in [1.54, 1.807) is 10.9 Å². The lowest BCUT2D eigenvalue weighted by Crippen LogP contribution is -2.35. The molecule has 0 saturated carbocycles. The molecule has 2 N–H and O–H groups in total. The van der Waals surface area contributed by atoms with E-state index in [4.69, 9.17) is 0 Å². The van der Waals surface area contributed by atoms with E-state index in [-0.39, 0.29) is 11.9 Å². The van der Waals surface area contributed by atoms with Crippen LogP contribution in [0.2, 0.25) is 0 Å². The third-order valence-corrected chi connectivity index (χ3v) is 2.93. The average Bonchev–Trinajstić information content (AvgIpc) is 2.92. The van der Waals surface area contributed by atoms with Crippen molar-refractivity contribution in [1.82, 2.24) is 15.1 Å². The van der Waals surface area contributed by atoms with Gasteiger partial charge in [-0.1, -0.05) is 0 Å². The number of carbonyl (C=O) groups is 1. The van der Waals surface area contributed by atoms with Gasteiger partial charge in [0.25, 0.3) is 5.91 Å². The molecule has 0 saturated heterocycles. The second-order valence-corrected chi connectivity index (χ2v) is 4.71. The number of nitrogens with one attached hydrogen (secondary N) is 2. The van der Waals surface area contributed by atoms with E-state index in [2.05, 4.69) is 15.7 Å². The van der Waals surface area contributed by atoms with Crippen molar-refractivity contribution in [2.75, 3.05) is 11.9 Å². The molecule has 0 bridgehead atoms. The van der Waals surface area contributed by atoms with E-state index in [9.17, 15) is 4.79 Å². The summed E-state index contributed by atoms with van der Waals surface area (Å²) in [6.07, 6.45) is 3.61. The van der Waals surface area contributed by atoms with Gasteiger partial charge < -0.3 is 10.6 Å². The van der Waals surface area contributed by atoms with Crippen LogP contribution in [-0.4, -0.2) is 28.3 Å². The maximum atomic E-state index is 12.1. The summed E-state index contributed by atoms with van der Waals surface area (Å²) >= 11 is 0. The van der Waals surface area contributed by atoms with Crippen LogP contribution >= 0.6 is 0 Å². The molecule has 0 aliphatic carbocycles. The standard InChI is InChI=1S/C15H20N4O/c1-3-16-14-7-5-13(6-8-14)15(20)18-12(2)11-19-10-4-9-17-19/h4-10,12,16H,3,11H2,1-2H3,(H,18,20). The lowest BCUT2D eigenvalue weighted by Gasteiger charge is -2.14. The van der Waals surface area contributed by atoms with Crippen molar-refractivity contribution < 1.29 is 4.79 Å². The van der Waals surface area contributed by atoms with Gasteiger partial charge in [0.15, 0.2) is 0 Å². The smallest absolute Gasteiger partial charge is 0.251 e. The zero-order chi connectivity index (χ0) is 14.4. The van der Waals surface area contributed by atoms with Crippen LogP contribution in [0.4, 0.5) is 5.69 Å². The van der Waals surface area contributed by atoms with E-state index in [1.165, 1.54) is 0 Å². The largest absolute Gasteiger partial charge is 0.385 e. The third-order valence-electron chi connectivity index (χ3n) is 2.93. The summed E-state index contributed by atoms with van der Waals surface area (Å²) < 4.78 is 1.80. The zero-order valence-corrected chi connectivity index (χ0v) is 11.8. The van der Waals surface area contributed by atoms with Gasteiger partial charge in [0, 0.05) is 36.2 Å². The summed E-state index contributed by atoms with van der Waals surface area (Å²) in [4.78, 5) is 12.1. The first kappa shape index (κ1) is 14.1. The molecule has 0 fully saturated rings. The van der Waals surface area contributed by atoms with Gasteiger partial charge in [0.05, 0.1) is 6.54 Å².